The van der Waals surface area contributed by atoms with Crippen LogP contribution in [0.2, 0.25) is 0 Å². The highest BCUT2D eigenvalue weighted by Gasteiger charge is 2.13. The Hall–Kier alpha value is -0.790. The van der Waals surface area contributed by atoms with Crippen LogP contribution in [-0.4, -0.2) is 26.6 Å². The van der Waals surface area contributed by atoms with Crippen molar-refractivity contribution in [1.82, 2.24) is 9.97 Å². The first-order valence-corrected chi connectivity index (χ1v) is 8.73. The molecule has 0 radical (unpaired) electrons. The molecule has 3 rings (SSSR count). The van der Waals surface area contributed by atoms with E-state index in [1.165, 1.54) is 0 Å². The Balaban J connectivity index is 1.90. The standard InChI is InChI=1S/C12H13N3OS3/c1-6-7(2)19-11-9(6)10(16)14-8(15-11)5-18-12-13-3-4-17-12/h3-5H2,1-2H3,(H,14,15,16). The van der Waals surface area contributed by atoms with Crippen LogP contribution < -0.4 is 5.56 Å². The van der Waals surface area contributed by atoms with Gasteiger partial charge in [0.15, 0.2) is 0 Å². The lowest BCUT2D eigenvalue weighted by Gasteiger charge is -2.00. The Bertz CT molecular complexity index is 717. The fourth-order valence-electron chi connectivity index (χ4n) is 1.90. The van der Waals surface area contributed by atoms with Gasteiger partial charge in [-0.05, 0) is 19.4 Å². The number of fused-ring (bicyclic) bond motifs is 1. The van der Waals surface area contributed by atoms with Crippen LogP contribution in [0.25, 0.3) is 10.2 Å². The van der Waals surface area contributed by atoms with Crippen LogP contribution in [0.1, 0.15) is 16.3 Å². The Labute approximate surface area is 123 Å². The Kier molecular flexibility index (Phi) is 3.68. The lowest BCUT2D eigenvalue weighted by Crippen LogP contribution is -2.11. The van der Waals surface area contributed by atoms with E-state index in [4.69, 9.17) is 0 Å². The molecular weight excluding hydrogens is 298 g/mol. The van der Waals surface area contributed by atoms with E-state index < -0.39 is 0 Å². The number of H-pyrrole nitrogens is 1. The van der Waals surface area contributed by atoms with Crippen LogP contribution >= 0.6 is 34.9 Å². The minimum Gasteiger partial charge on any atom is -0.309 e. The second-order valence-corrected chi connectivity index (χ2v) is 7.77. The maximum atomic E-state index is 12.1. The summed E-state index contributed by atoms with van der Waals surface area (Å²) >= 11 is 5.01. The van der Waals surface area contributed by atoms with Crippen LogP contribution in [-0.2, 0) is 5.75 Å². The monoisotopic (exact) mass is 311 g/mol. The van der Waals surface area contributed by atoms with Crippen molar-refractivity contribution >= 4 is 49.5 Å². The average molecular weight is 311 g/mol. The van der Waals surface area contributed by atoms with Crippen LogP contribution in [0.4, 0.5) is 0 Å². The summed E-state index contributed by atoms with van der Waals surface area (Å²) in [7, 11) is 0. The molecule has 0 aromatic carbocycles. The van der Waals surface area contributed by atoms with E-state index in [1.807, 2.05) is 13.8 Å². The predicted molar refractivity (Wildman–Crippen MR) is 85.8 cm³/mol. The molecule has 4 nitrogen and oxygen atoms in total. The number of nitrogens with zero attached hydrogens (tertiary/aromatic N) is 2. The van der Waals surface area contributed by atoms with E-state index >= 15 is 0 Å². The molecule has 2 aromatic rings. The number of nitrogens with one attached hydrogen (secondary N) is 1. The van der Waals surface area contributed by atoms with E-state index in [9.17, 15) is 4.79 Å². The Morgan fingerprint density at radius 3 is 3.00 bits per heavy atom. The molecular formula is C12H13N3OS3. The highest BCUT2D eigenvalue weighted by Crippen LogP contribution is 2.27. The Morgan fingerprint density at radius 2 is 2.26 bits per heavy atom. The molecule has 2 aromatic heterocycles. The molecule has 0 atom stereocenters. The smallest absolute Gasteiger partial charge is 0.259 e. The van der Waals surface area contributed by atoms with Crippen molar-refractivity contribution < 1.29 is 0 Å². The number of aryl methyl sites for hydroxylation is 2. The third kappa shape index (κ3) is 2.59. The van der Waals surface area contributed by atoms with Crippen molar-refractivity contribution in [2.75, 3.05) is 12.3 Å². The Morgan fingerprint density at radius 1 is 1.42 bits per heavy atom. The molecule has 0 aliphatic carbocycles. The van der Waals surface area contributed by atoms with E-state index in [-0.39, 0.29) is 5.56 Å². The van der Waals surface area contributed by atoms with Gasteiger partial charge >= 0.3 is 0 Å². The largest absolute Gasteiger partial charge is 0.309 e. The normalized spacial score (nSPS) is 15.2. The summed E-state index contributed by atoms with van der Waals surface area (Å²) < 4.78 is 1.10. The number of hydrogen-bond acceptors (Lipinski definition) is 6. The molecule has 7 heteroatoms. The summed E-state index contributed by atoms with van der Waals surface area (Å²) in [5.74, 6) is 2.47. The van der Waals surface area contributed by atoms with E-state index in [0.29, 0.717) is 5.75 Å². The molecule has 0 saturated carbocycles. The first kappa shape index (κ1) is 13.2. The van der Waals surface area contributed by atoms with E-state index in [0.717, 1.165) is 43.2 Å². The van der Waals surface area contributed by atoms with E-state index in [1.54, 1.807) is 34.9 Å². The lowest BCUT2D eigenvalue weighted by atomic mass is 10.2. The number of rotatable bonds is 2. The van der Waals surface area contributed by atoms with Gasteiger partial charge in [-0.1, -0.05) is 23.5 Å². The molecule has 3 heterocycles. The van der Waals surface area contributed by atoms with Gasteiger partial charge in [0.05, 0.1) is 17.7 Å². The summed E-state index contributed by atoms with van der Waals surface area (Å²) in [5.41, 5.74) is 1.02. The second kappa shape index (κ2) is 5.30. The molecule has 100 valence electrons. The summed E-state index contributed by atoms with van der Waals surface area (Å²) in [6.45, 7) is 4.90. The number of aliphatic imine (C=N–C) groups is 1. The van der Waals surface area contributed by atoms with Gasteiger partial charge in [0.1, 0.15) is 15.0 Å². The number of aromatic amines is 1. The minimum atomic E-state index is -0.0246. The first-order valence-electron chi connectivity index (χ1n) is 5.94. The highest BCUT2D eigenvalue weighted by molar-refractivity contribution is 8.38. The van der Waals surface area contributed by atoms with Gasteiger partial charge in [-0.15, -0.1) is 11.3 Å². The maximum absolute atomic E-state index is 12.1. The number of hydrogen-bond donors (Lipinski definition) is 1. The zero-order valence-corrected chi connectivity index (χ0v) is 13.1. The molecule has 1 aliphatic rings. The highest BCUT2D eigenvalue weighted by atomic mass is 32.2. The fourth-order valence-corrected chi connectivity index (χ4v) is 4.83. The summed E-state index contributed by atoms with van der Waals surface area (Å²) in [4.78, 5) is 25.9. The van der Waals surface area contributed by atoms with Crippen molar-refractivity contribution in [2.45, 2.75) is 19.6 Å². The van der Waals surface area contributed by atoms with Crippen molar-refractivity contribution in [3.8, 4) is 0 Å². The van der Waals surface area contributed by atoms with Gasteiger partial charge in [-0.25, -0.2) is 4.98 Å². The van der Waals surface area contributed by atoms with Crippen molar-refractivity contribution in [3.63, 3.8) is 0 Å². The molecule has 19 heavy (non-hydrogen) atoms. The summed E-state index contributed by atoms with van der Waals surface area (Å²) in [6, 6.07) is 0. The number of thioether (sulfide) groups is 2. The van der Waals surface area contributed by atoms with Gasteiger partial charge in [0.2, 0.25) is 0 Å². The van der Waals surface area contributed by atoms with Crippen LogP contribution in [0.3, 0.4) is 0 Å². The summed E-state index contributed by atoms with van der Waals surface area (Å²) in [5, 5.41) is 0.740. The van der Waals surface area contributed by atoms with Gasteiger partial charge in [-0.2, -0.15) is 0 Å². The quantitative estimate of drug-likeness (QED) is 0.926. The van der Waals surface area contributed by atoms with Crippen molar-refractivity contribution in [2.24, 2.45) is 4.99 Å². The predicted octanol–water partition coefficient (Wildman–Crippen LogP) is 2.94. The molecule has 0 unspecified atom stereocenters. The summed E-state index contributed by atoms with van der Waals surface area (Å²) in [6.07, 6.45) is 0. The zero-order valence-electron chi connectivity index (χ0n) is 10.6. The van der Waals surface area contributed by atoms with Crippen molar-refractivity contribution in [1.29, 1.82) is 0 Å². The molecule has 1 aliphatic heterocycles. The minimum absolute atomic E-state index is 0.0246. The first-order chi connectivity index (χ1) is 9.15. The topological polar surface area (TPSA) is 58.1 Å². The molecule has 0 spiro atoms. The average Bonchev–Trinajstić information content (AvgIpc) is 2.96. The molecule has 0 fully saturated rings. The maximum Gasteiger partial charge on any atom is 0.259 e. The SMILES string of the molecule is Cc1sc2nc(CSC3=NCCS3)[nH]c(=O)c2c1C. The van der Waals surface area contributed by atoms with E-state index in [2.05, 4.69) is 15.0 Å². The third-order valence-corrected chi connectivity index (χ3v) is 6.34. The zero-order chi connectivity index (χ0) is 13.4. The number of thiophene rings is 1. The second-order valence-electron chi connectivity index (χ2n) is 4.26. The third-order valence-electron chi connectivity index (χ3n) is 2.98. The van der Waals surface area contributed by atoms with Crippen LogP contribution in [0.5, 0.6) is 0 Å². The van der Waals surface area contributed by atoms with Gasteiger partial charge in [-0.3, -0.25) is 9.79 Å². The molecule has 0 saturated heterocycles. The molecule has 0 amide bonds. The van der Waals surface area contributed by atoms with Gasteiger partial charge < -0.3 is 4.98 Å². The fraction of sp³-hybridized carbons (Fsp3) is 0.417. The lowest BCUT2D eigenvalue weighted by molar-refractivity contribution is 1.05. The van der Waals surface area contributed by atoms with Gasteiger partial charge in [0.25, 0.3) is 5.56 Å². The molecule has 0 bridgehead atoms. The molecule has 1 N–H and O–H groups in total. The van der Waals surface area contributed by atoms with Crippen molar-refractivity contribution in [3.05, 3.63) is 26.6 Å². The van der Waals surface area contributed by atoms with Crippen LogP contribution in [0, 0.1) is 13.8 Å². The number of aromatic nitrogens is 2. The van der Waals surface area contributed by atoms with Crippen LogP contribution in [0.15, 0.2) is 9.79 Å². The van der Waals surface area contributed by atoms with Gasteiger partial charge in [0, 0.05) is 10.6 Å².